The maximum absolute atomic E-state index is 11.2. The van der Waals surface area contributed by atoms with Gasteiger partial charge in [0.2, 0.25) is 5.91 Å². The Labute approximate surface area is 93.0 Å². The van der Waals surface area contributed by atoms with E-state index >= 15 is 0 Å². The summed E-state index contributed by atoms with van der Waals surface area (Å²) >= 11 is 0. The lowest BCUT2D eigenvalue weighted by Gasteiger charge is -2.28. The fraction of sp³-hybridized carbons (Fsp3) is 0.750. The fourth-order valence-electron chi connectivity index (χ4n) is 0.946. The quantitative estimate of drug-likeness (QED) is 0.668. The third kappa shape index (κ3) is 6.98. The molecule has 0 radical (unpaired) electrons. The fourth-order valence-corrected chi connectivity index (χ4v) is 0.946. The molecule has 0 spiro atoms. The highest BCUT2D eigenvalue weighted by Gasteiger charge is 2.18. The highest BCUT2D eigenvalue weighted by Crippen LogP contribution is 2.18. The Hall–Kier alpha value is -1.01. The maximum atomic E-state index is 11.2. The highest BCUT2D eigenvalue weighted by molar-refractivity contribution is 5.76. The number of carbonyl (C=O) groups excluding carboxylic acids is 1. The second kappa shape index (κ2) is 6.47. The maximum Gasteiger partial charge on any atom is 0.222 e. The molecule has 3 nitrogen and oxygen atoms in total. The average molecular weight is 210 g/mol. The van der Waals surface area contributed by atoms with E-state index in [1.54, 1.807) is 0 Å². The molecule has 0 bridgehead atoms. The standard InChI is InChI=1S/C12H22N2O/c1-6-8-14-11(15)7-9-13-10(2)12(3,4)5/h1,10,13H,7-9H2,2-5H3,(H,14,15). The Balaban J connectivity index is 3.63. The van der Waals surface area contributed by atoms with Crippen molar-refractivity contribution in [3.63, 3.8) is 0 Å². The minimum absolute atomic E-state index is 0.00144. The van der Waals surface area contributed by atoms with Crippen LogP contribution in [0.5, 0.6) is 0 Å². The van der Waals surface area contributed by atoms with Crippen molar-refractivity contribution >= 4 is 5.91 Å². The second-order valence-corrected chi connectivity index (χ2v) is 4.77. The molecule has 86 valence electrons. The summed E-state index contributed by atoms with van der Waals surface area (Å²) < 4.78 is 0. The van der Waals surface area contributed by atoms with E-state index in [1.807, 2.05) is 0 Å². The molecule has 1 unspecified atom stereocenters. The summed E-state index contributed by atoms with van der Waals surface area (Å²) in [5.41, 5.74) is 0.218. The van der Waals surface area contributed by atoms with Crippen molar-refractivity contribution in [3.05, 3.63) is 0 Å². The third-order valence-corrected chi connectivity index (χ3v) is 2.49. The Morgan fingerprint density at radius 2 is 2.07 bits per heavy atom. The molecule has 0 aromatic heterocycles. The Kier molecular flexibility index (Phi) is 6.03. The summed E-state index contributed by atoms with van der Waals surface area (Å²) in [7, 11) is 0. The van der Waals surface area contributed by atoms with Gasteiger partial charge in [0.05, 0.1) is 6.54 Å². The first-order chi connectivity index (χ1) is 6.88. The number of carbonyl (C=O) groups is 1. The van der Waals surface area contributed by atoms with Gasteiger partial charge in [-0.05, 0) is 12.3 Å². The molecule has 0 heterocycles. The van der Waals surface area contributed by atoms with Crippen molar-refractivity contribution in [1.29, 1.82) is 0 Å². The van der Waals surface area contributed by atoms with Crippen LogP contribution in [0, 0.1) is 17.8 Å². The molecule has 0 fully saturated rings. The molecule has 0 aromatic carbocycles. The van der Waals surface area contributed by atoms with Crippen molar-refractivity contribution in [2.24, 2.45) is 5.41 Å². The van der Waals surface area contributed by atoms with Crippen molar-refractivity contribution < 1.29 is 4.79 Å². The average Bonchev–Trinajstić information content (AvgIpc) is 2.13. The van der Waals surface area contributed by atoms with E-state index in [0.29, 0.717) is 25.6 Å². The second-order valence-electron chi connectivity index (χ2n) is 4.77. The van der Waals surface area contributed by atoms with E-state index in [4.69, 9.17) is 6.42 Å². The molecule has 0 aliphatic rings. The van der Waals surface area contributed by atoms with E-state index < -0.39 is 0 Å². The molecule has 0 aromatic rings. The largest absolute Gasteiger partial charge is 0.345 e. The van der Waals surface area contributed by atoms with E-state index in [9.17, 15) is 4.79 Å². The molecule has 2 N–H and O–H groups in total. The SMILES string of the molecule is C#CCNC(=O)CCNC(C)C(C)(C)C. The van der Waals surface area contributed by atoms with Crippen molar-refractivity contribution in [2.75, 3.05) is 13.1 Å². The van der Waals surface area contributed by atoms with E-state index in [2.05, 4.69) is 44.2 Å². The van der Waals surface area contributed by atoms with Crippen LogP contribution in [0.3, 0.4) is 0 Å². The molecule has 0 aliphatic carbocycles. The van der Waals surface area contributed by atoms with Gasteiger partial charge in [0.15, 0.2) is 0 Å². The zero-order chi connectivity index (χ0) is 11.9. The number of nitrogens with one attached hydrogen (secondary N) is 2. The summed E-state index contributed by atoms with van der Waals surface area (Å²) in [6, 6.07) is 0.387. The van der Waals surface area contributed by atoms with E-state index in [-0.39, 0.29) is 11.3 Å². The minimum Gasteiger partial charge on any atom is -0.345 e. The predicted molar refractivity (Wildman–Crippen MR) is 63.4 cm³/mol. The van der Waals surface area contributed by atoms with Crippen LogP contribution in [0.4, 0.5) is 0 Å². The van der Waals surface area contributed by atoms with Gasteiger partial charge >= 0.3 is 0 Å². The van der Waals surface area contributed by atoms with Crippen LogP contribution in [-0.2, 0) is 4.79 Å². The van der Waals surface area contributed by atoms with Crippen molar-refractivity contribution in [2.45, 2.75) is 40.2 Å². The molecule has 0 saturated carbocycles. The van der Waals surface area contributed by atoms with Crippen LogP contribution in [0.25, 0.3) is 0 Å². The predicted octanol–water partition coefficient (Wildman–Crippen LogP) is 1.15. The van der Waals surface area contributed by atoms with Crippen LogP contribution in [0.15, 0.2) is 0 Å². The molecule has 15 heavy (non-hydrogen) atoms. The first-order valence-electron chi connectivity index (χ1n) is 5.31. The molecule has 0 saturated heterocycles. The summed E-state index contributed by atoms with van der Waals surface area (Å²) in [5, 5.41) is 5.95. The topological polar surface area (TPSA) is 41.1 Å². The Morgan fingerprint density at radius 1 is 1.47 bits per heavy atom. The van der Waals surface area contributed by atoms with Crippen LogP contribution >= 0.6 is 0 Å². The number of rotatable bonds is 5. The number of hydrogen-bond donors (Lipinski definition) is 2. The normalized spacial score (nSPS) is 13.0. The van der Waals surface area contributed by atoms with Gasteiger partial charge in [-0.3, -0.25) is 4.79 Å². The van der Waals surface area contributed by atoms with Gasteiger partial charge in [-0.1, -0.05) is 26.7 Å². The first kappa shape index (κ1) is 14.0. The van der Waals surface area contributed by atoms with Gasteiger partial charge in [0.1, 0.15) is 0 Å². The monoisotopic (exact) mass is 210 g/mol. The van der Waals surface area contributed by atoms with Gasteiger partial charge < -0.3 is 10.6 Å². The zero-order valence-corrected chi connectivity index (χ0v) is 10.2. The molecular weight excluding hydrogens is 188 g/mol. The highest BCUT2D eigenvalue weighted by atomic mass is 16.1. The zero-order valence-electron chi connectivity index (χ0n) is 10.2. The minimum atomic E-state index is 0.00144. The smallest absolute Gasteiger partial charge is 0.222 e. The molecule has 1 atom stereocenters. The lowest BCUT2D eigenvalue weighted by atomic mass is 9.88. The van der Waals surface area contributed by atoms with Crippen LogP contribution in [0.1, 0.15) is 34.1 Å². The van der Waals surface area contributed by atoms with E-state index in [0.717, 1.165) is 0 Å². The summed E-state index contributed by atoms with van der Waals surface area (Å²) in [5.74, 6) is 2.37. The third-order valence-electron chi connectivity index (χ3n) is 2.49. The molecule has 3 heteroatoms. The number of hydrogen-bond acceptors (Lipinski definition) is 2. The summed E-state index contributed by atoms with van der Waals surface area (Å²) in [4.78, 5) is 11.2. The van der Waals surface area contributed by atoms with Crippen LogP contribution < -0.4 is 10.6 Å². The van der Waals surface area contributed by atoms with Gasteiger partial charge in [-0.2, -0.15) is 0 Å². The summed E-state index contributed by atoms with van der Waals surface area (Å²) in [6.07, 6.45) is 5.50. The molecular formula is C12H22N2O. The molecule has 1 amide bonds. The van der Waals surface area contributed by atoms with Crippen LogP contribution in [0.2, 0.25) is 0 Å². The lowest BCUT2D eigenvalue weighted by Crippen LogP contribution is -2.39. The molecule has 0 aliphatic heterocycles. The lowest BCUT2D eigenvalue weighted by molar-refractivity contribution is -0.120. The van der Waals surface area contributed by atoms with Crippen molar-refractivity contribution in [3.8, 4) is 12.3 Å². The van der Waals surface area contributed by atoms with E-state index in [1.165, 1.54) is 0 Å². The number of amides is 1. The van der Waals surface area contributed by atoms with Crippen LogP contribution in [-0.4, -0.2) is 25.0 Å². The summed E-state index contributed by atoms with van der Waals surface area (Å²) in [6.45, 7) is 9.64. The Morgan fingerprint density at radius 3 is 2.53 bits per heavy atom. The van der Waals surface area contributed by atoms with Gasteiger partial charge in [0.25, 0.3) is 0 Å². The first-order valence-corrected chi connectivity index (χ1v) is 5.31. The van der Waals surface area contributed by atoms with Crippen molar-refractivity contribution in [1.82, 2.24) is 10.6 Å². The van der Waals surface area contributed by atoms with Gasteiger partial charge in [-0.25, -0.2) is 0 Å². The Bertz CT molecular complexity index is 235. The molecule has 0 rings (SSSR count). The number of terminal acetylenes is 1. The van der Waals surface area contributed by atoms with Gasteiger partial charge in [-0.15, -0.1) is 6.42 Å². The van der Waals surface area contributed by atoms with Gasteiger partial charge in [0, 0.05) is 19.0 Å².